The first kappa shape index (κ1) is 85.5. The van der Waals surface area contributed by atoms with Crippen LogP contribution in [0.2, 0.25) is 0 Å². The second-order valence-corrected chi connectivity index (χ2v) is 19.2. The molecule has 2 heterocycles. The van der Waals surface area contributed by atoms with E-state index < -0.39 is 178 Å². The Labute approximate surface area is 503 Å². The monoisotopic (exact) mass is 1550 g/mol. The van der Waals surface area contributed by atoms with E-state index in [4.69, 9.17) is 0 Å². The Balaban J connectivity index is 0.00000117. The summed E-state index contributed by atoms with van der Waals surface area (Å²) in [6.07, 6.45) is -13.5. The van der Waals surface area contributed by atoms with Gasteiger partial charge in [-0.2, -0.15) is 220 Å². The van der Waals surface area contributed by atoms with Crippen LogP contribution >= 0.6 is 0 Å². The van der Waals surface area contributed by atoms with Gasteiger partial charge in [0.2, 0.25) is 0 Å². The molecule has 2 aromatic heterocycles. The summed E-state index contributed by atoms with van der Waals surface area (Å²) in [7, 11) is 0. The molecule has 0 bridgehead atoms. The normalized spacial score (nSPS) is 15.9. The van der Waals surface area contributed by atoms with Gasteiger partial charge >= 0.3 is 143 Å². The van der Waals surface area contributed by atoms with Crippen molar-refractivity contribution in [3.8, 4) is 22.5 Å². The van der Waals surface area contributed by atoms with Gasteiger partial charge < -0.3 is 0 Å². The molecule has 98 heavy (non-hydrogen) atoms. The summed E-state index contributed by atoms with van der Waals surface area (Å²) < 4.78 is 693. The van der Waals surface area contributed by atoms with Gasteiger partial charge in [0, 0.05) is 34.6 Å². The second-order valence-electron chi connectivity index (χ2n) is 19.2. The molecular weight excluding hydrogens is 1530 g/mol. The lowest BCUT2D eigenvalue weighted by Crippen LogP contribution is -2.78. The molecule has 2 aromatic carbocycles. The molecule has 0 fully saturated rings. The lowest BCUT2D eigenvalue weighted by Gasteiger charge is -2.46. The Morgan fingerprint density at radius 2 is 0.316 bits per heavy atom. The first-order valence-corrected chi connectivity index (χ1v) is 23.1. The van der Waals surface area contributed by atoms with Crippen molar-refractivity contribution in [2.45, 2.75) is 143 Å². The summed E-state index contributed by atoms with van der Waals surface area (Å²) >= 11 is 0. The van der Waals surface area contributed by atoms with E-state index in [0.717, 1.165) is 22.5 Å². The van der Waals surface area contributed by atoms with Crippen LogP contribution in [0.15, 0.2) is 97.3 Å². The van der Waals surface area contributed by atoms with Crippen molar-refractivity contribution < 1.29 is 220 Å². The molecule has 52 heteroatoms. The van der Waals surface area contributed by atoms with Gasteiger partial charge in [0.25, 0.3) is 0 Å². The van der Waals surface area contributed by atoms with Gasteiger partial charge in [0.1, 0.15) is 0 Å². The third kappa shape index (κ3) is 11.2. The van der Waals surface area contributed by atoms with Gasteiger partial charge in [0.15, 0.2) is 0 Å². The third-order valence-electron chi connectivity index (χ3n) is 13.0. The Hall–Kier alpha value is -6.76. The van der Waals surface area contributed by atoms with Crippen LogP contribution in [-0.2, 0) is 11.8 Å². The number of benzene rings is 2. The zero-order valence-electron chi connectivity index (χ0n) is 44.0. The largest absolute Gasteiger partial charge is 0.460 e. The van der Waals surface area contributed by atoms with Crippen molar-refractivity contribution in [2.24, 2.45) is 0 Å². The standard InChI is InChI=1S/C30H4F50.C16H12N2/c31-7(32,9(35,36)11(39,40)13(43,44)15(47,48)17(51,52)19(55,56)21(59,60)23(63,64)25(67,68)27(71,72)29(75,76)77)5-3-1-2-4-6(5)8(33,34)10(37,38)12(41,42)14(45,46)16(49,50)18(53,54)20(57,58)22(61,62)24(65,66)26(69,70)28(73,74)30(78,79)80;1-2-8-14(16-10-4-6-12-18-16)13(7-1)15-9-3-5-11-17-15/h1-4H;1-12H. The molecule has 0 aliphatic carbocycles. The number of hydrogen-bond acceptors (Lipinski definition) is 2. The Bertz CT molecular complexity index is 3210. The topological polar surface area (TPSA) is 25.8 Å². The number of aromatic nitrogens is 2. The quantitative estimate of drug-likeness (QED) is 0.0654. The summed E-state index contributed by atoms with van der Waals surface area (Å²) in [6, 6.07) is 13.7. The minimum Gasteiger partial charge on any atom is -0.256 e. The van der Waals surface area contributed by atoms with Crippen molar-refractivity contribution in [1.82, 2.24) is 9.97 Å². The highest BCUT2D eigenvalue weighted by molar-refractivity contribution is 5.79. The number of alkyl halides is 50. The fraction of sp³-hybridized carbons (Fsp3) is 0.522. The Morgan fingerprint density at radius 1 is 0.163 bits per heavy atom. The molecule has 2 nitrogen and oxygen atoms in total. The summed E-state index contributed by atoms with van der Waals surface area (Å²) in [4.78, 5) is 8.81. The maximum absolute atomic E-state index is 15.1. The molecule has 4 rings (SSSR count). The number of halogens is 50. The van der Waals surface area contributed by atoms with Crippen LogP contribution in [0.25, 0.3) is 22.5 Å². The van der Waals surface area contributed by atoms with Crippen LogP contribution in [0.1, 0.15) is 11.1 Å². The van der Waals surface area contributed by atoms with Crippen LogP contribution in [-0.4, -0.2) is 141 Å². The third-order valence-corrected chi connectivity index (χ3v) is 13.0. The summed E-state index contributed by atoms with van der Waals surface area (Å²) in [5, 5.41) is 0. The zero-order valence-corrected chi connectivity index (χ0v) is 44.0. The van der Waals surface area contributed by atoms with Crippen LogP contribution in [0.4, 0.5) is 220 Å². The minimum absolute atomic E-state index is 0.971. The Morgan fingerprint density at radius 3 is 0.480 bits per heavy atom. The van der Waals surface area contributed by atoms with E-state index in [1.54, 1.807) is 0 Å². The highest BCUT2D eigenvalue weighted by atomic mass is 19.5. The molecule has 0 atom stereocenters. The van der Waals surface area contributed by atoms with Crippen molar-refractivity contribution in [2.75, 3.05) is 0 Å². The lowest BCUT2D eigenvalue weighted by molar-refractivity contribution is -0.483. The van der Waals surface area contributed by atoms with Crippen LogP contribution in [0.5, 0.6) is 0 Å². The smallest absolute Gasteiger partial charge is 0.256 e. The van der Waals surface area contributed by atoms with E-state index >= 15 is 17.6 Å². The predicted octanol–water partition coefficient (Wildman–Crippen LogP) is 21.5. The molecule has 0 N–H and O–H groups in total. The summed E-state index contributed by atoms with van der Waals surface area (Å²) in [6.45, 7) is 0. The summed E-state index contributed by atoms with van der Waals surface area (Å²) in [5.74, 6) is -218. The van der Waals surface area contributed by atoms with E-state index in [9.17, 15) is 202 Å². The van der Waals surface area contributed by atoms with Gasteiger partial charge in [-0.3, -0.25) is 9.97 Å². The van der Waals surface area contributed by atoms with E-state index in [-0.39, 0.29) is 0 Å². The first-order valence-electron chi connectivity index (χ1n) is 23.1. The average Bonchev–Trinajstić information content (AvgIpc) is 0.687. The molecule has 0 radical (unpaired) electrons. The van der Waals surface area contributed by atoms with Crippen molar-refractivity contribution in [3.05, 3.63) is 108 Å². The SMILES string of the molecule is FC(F)(F)C(F)(F)C(F)(F)C(F)(F)C(F)(F)C(F)(F)C(F)(F)C(F)(F)C(F)(F)C(F)(F)C(F)(F)C(F)(F)c1ccccc1C(F)(F)C(F)(F)C(F)(F)C(F)(F)C(F)(F)C(F)(F)C(F)(F)C(F)(F)C(F)(F)C(F)(F)C(F)(F)C(F)(F)F.c1ccc(-c2ccccc2-c2ccccn2)nc1. The average molecular weight is 1550 g/mol. The van der Waals surface area contributed by atoms with Crippen LogP contribution in [0, 0.1) is 0 Å². The maximum atomic E-state index is 15.1. The molecule has 0 unspecified atom stereocenters. The molecule has 0 spiro atoms. The van der Waals surface area contributed by atoms with Gasteiger partial charge in [-0.25, -0.2) is 0 Å². The molecule has 0 aliphatic rings. The van der Waals surface area contributed by atoms with Crippen molar-refractivity contribution >= 4 is 0 Å². The van der Waals surface area contributed by atoms with Crippen LogP contribution < -0.4 is 0 Å². The first-order chi connectivity index (χ1) is 42.7. The maximum Gasteiger partial charge on any atom is 0.460 e. The zero-order chi connectivity index (χ0) is 78.2. The number of nitrogens with zero attached hydrogens (tertiary/aromatic N) is 2. The summed E-state index contributed by atoms with van der Waals surface area (Å²) in [5.41, 5.74) is -6.05. The lowest BCUT2D eigenvalue weighted by atomic mass is 9.81. The number of rotatable bonds is 24. The van der Waals surface area contributed by atoms with Gasteiger partial charge in [-0.1, -0.05) is 60.7 Å². The van der Waals surface area contributed by atoms with E-state index in [1.807, 2.05) is 60.9 Å². The minimum atomic E-state index is -10.4. The molecule has 0 saturated carbocycles. The van der Waals surface area contributed by atoms with Crippen molar-refractivity contribution in [3.63, 3.8) is 0 Å². The van der Waals surface area contributed by atoms with Crippen LogP contribution in [0.3, 0.4) is 0 Å². The Kier molecular flexibility index (Phi) is 20.9. The van der Waals surface area contributed by atoms with Crippen molar-refractivity contribution in [1.29, 1.82) is 0 Å². The fourth-order valence-electron chi connectivity index (χ4n) is 7.25. The number of hydrogen-bond donors (Lipinski definition) is 0. The van der Waals surface area contributed by atoms with Gasteiger partial charge in [0.05, 0.1) is 11.4 Å². The molecule has 0 saturated heterocycles. The molecule has 0 amide bonds. The second kappa shape index (κ2) is 23.9. The highest BCUT2D eigenvalue weighted by Crippen LogP contribution is 2.72. The van der Waals surface area contributed by atoms with E-state index in [0.29, 0.717) is 0 Å². The molecule has 4 aromatic rings. The van der Waals surface area contributed by atoms with E-state index in [2.05, 4.69) is 22.1 Å². The fourth-order valence-corrected chi connectivity index (χ4v) is 7.25. The van der Waals surface area contributed by atoms with E-state index in [1.165, 1.54) is 0 Å². The van der Waals surface area contributed by atoms with Gasteiger partial charge in [-0.05, 0) is 24.3 Å². The molecule has 560 valence electrons. The highest BCUT2D eigenvalue weighted by Gasteiger charge is 3.02. The molecular formula is C46H16F50N2. The van der Waals surface area contributed by atoms with Gasteiger partial charge in [-0.15, -0.1) is 0 Å². The number of pyridine rings is 2. The predicted molar refractivity (Wildman–Crippen MR) is 218 cm³/mol. The molecule has 0 aliphatic heterocycles.